The maximum atomic E-state index is 12.6. The second-order valence-electron chi connectivity index (χ2n) is 6.20. The van der Waals surface area contributed by atoms with E-state index in [4.69, 9.17) is 0 Å². The van der Waals surface area contributed by atoms with Crippen molar-refractivity contribution in [3.8, 4) is 0 Å². The van der Waals surface area contributed by atoms with E-state index in [0.29, 0.717) is 6.04 Å². The van der Waals surface area contributed by atoms with Crippen LogP contribution in [0.3, 0.4) is 0 Å². The summed E-state index contributed by atoms with van der Waals surface area (Å²) < 4.78 is 0. The number of carbonyl (C=O) groups is 1. The molecule has 2 aromatic rings. The number of nitrogens with one attached hydrogen (secondary N) is 2. The highest BCUT2D eigenvalue weighted by Gasteiger charge is 2.27. The lowest BCUT2D eigenvalue weighted by Gasteiger charge is -2.38. The lowest BCUT2D eigenvalue weighted by Crippen LogP contribution is -2.52. The first-order chi connectivity index (χ1) is 10.7. The summed E-state index contributed by atoms with van der Waals surface area (Å²) >= 11 is 0. The summed E-state index contributed by atoms with van der Waals surface area (Å²) in [4.78, 5) is 18.3. The molecule has 2 heterocycles. The van der Waals surface area contributed by atoms with E-state index in [2.05, 4.69) is 29.0 Å². The molecular formula is C18H25N3O. The van der Waals surface area contributed by atoms with Crippen LogP contribution in [0.1, 0.15) is 43.5 Å². The largest absolute Gasteiger partial charge is 0.360 e. The van der Waals surface area contributed by atoms with Gasteiger partial charge in [-0.05, 0) is 38.9 Å². The number of hydrogen-bond acceptors (Lipinski definition) is 2. The Bertz CT molecular complexity index is 649. The van der Waals surface area contributed by atoms with Crippen LogP contribution in [0.25, 0.3) is 10.9 Å². The van der Waals surface area contributed by atoms with Crippen molar-refractivity contribution in [2.45, 2.75) is 45.2 Å². The Morgan fingerprint density at radius 3 is 3.05 bits per heavy atom. The summed E-state index contributed by atoms with van der Waals surface area (Å²) in [5.41, 5.74) is 1.74. The number of nitrogens with zero attached hydrogens (tertiary/aromatic N) is 1. The summed E-state index contributed by atoms with van der Waals surface area (Å²) in [5.74, 6) is 0.0200. The Labute approximate surface area is 131 Å². The summed E-state index contributed by atoms with van der Waals surface area (Å²) in [7, 11) is 0. The Kier molecular flexibility index (Phi) is 4.48. The molecule has 1 amide bonds. The molecule has 1 fully saturated rings. The van der Waals surface area contributed by atoms with Crippen LogP contribution < -0.4 is 5.32 Å². The maximum Gasteiger partial charge on any atom is 0.253 e. The summed E-state index contributed by atoms with van der Waals surface area (Å²) in [6, 6.07) is 8.55. The third-order valence-corrected chi connectivity index (χ3v) is 4.84. The van der Waals surface area contributed by atoms with Crippen molar-refractivity contribution in [2.24, 2.45) is 0 Å². The van der Waals surface area contributed by atoms with Crippen LogP contribution >= 0.6 is 0 Å². The Hall–Kier alpha value is -1.81. The number of aromatic amines is 1. The standard InChI is InChI=1S/C18H25N3O/c1-3-21-11-7-6-10-17(21)13(2)20-18(22)15-12-19-16-9-5-4-8-14(15)16/h4-5,8-9,12-13,17,19H,3,6-7,10-11H2,1-2H3,(H,20,22). The van der Waals surface area contributed by atoms with E-state index >= 15 is 0 Å². The van der Waals surface area contributed by atoms with Crippen molar-refractivity contribution in [1.82, 2.24) is 15.2 Å². The van der Waals surface area contributed by atoms with E-state index in [0.717, 1.165) is 29.6 Å². The average molecular weight is 299 g/mol. The van der Waals surface area contributed by atoms with Gasteiger partial charge >= 0.3 is 0 Å². The molecule has 0 saturated carbocycles. The zero-order chi connectivity index (χ0) is 15.5. The normalized spacial score (nSPS) is 20.9. The minimum Gasteiger partial charge on any atom is -0.360 e. The predicted molar refractivity (Wildman–Crippen MR) is 90.1 cm³/mol. The number of carbonyl (C=O) groups excluding carboxylic acids is 1. The molecule has 0 radical (unpaired) electrons. The van der Waals surface area contributed by atoms with Crippen molar-refractivity contribution in [3.63, 3.8) is 0 Å². The number of fused-ring (bicyclic) bond motifs is 1. The fraction of sp³-hybridized carbons (Fsp3) is 0.500. The minimum absolute atomic E-state index is 0.0200. The van der Waals surface area contributed by atoms with Gasteiger partial charge in [0.05, 0.1) is 5.56 Å². The van der Waals surface area contributed by atoms with Crippen molar-refractivity contribution >= 4 is 16.8 Å². The van der Waals surface area contributed by atoms with Crippen LogP contribution in [0.15, 0.2) is 30.5 Å². The number of likely N-dealkylation sites (N-methyl/N-ethyl adjacent to an activating group) is 1. The molecule has 0 bridgehead atoms. The maximum absolute atomic E-state index is 12.6. The van der Waals surface area contributed by atoms with Gasteiger partial charge in [-0.15, -0.1) is 0 Å². The average Bonchev–Trinajstić information content (AvgIpc) is 2.98. The van der Waals surface area contributed by atoms with Gasteiger partial charge in [-0.3, -0.25) is 9.69 Å². The number of likely N-dealkylation sites (tertiary alicyclic amines) is 1. The fourth-order valence-electron chi connectivity index (χ4n) is 3.62. The molecule has 1 aromatic heterocycles. The van der Waals surface area contributed by atoms with Gasteiger partial charge in [0.1, 0.15) is 0 Å². The van der Waals surface area contributed by atoms with Crippen LogP contribution in [-0.2, 0) is 0 Å². The van der Waals surface area contributed by atoms with E-state index in [1.54, 1.807) is 0 Å². The zero-order valence-electron chi connectivity index (χ0n) is 13.4. The highest BCUT2D eigenvalue weighted by atomic mass is 16.1. The molecule has 0 spiro atoms. The molecule has 2 N–H and O–H groups in total. The van der Waals surface area contributed by atoms with Crippen molar-refractivity contribution < 1.29 is 4.79 Å². The SMILES string of the molecule is CCN1CCCCC1C(C)NC(=O)c1c[nH]c2ccccc12. The minimum atomic E-state index is 0.0200. The molecule has 2 atom stereocenters. The van der Waals surface area contributed by atoms with Gasteiger partial charge in [-0.1, -0.05) is 31.5 Å². The molecule has 1 saturated heterocycles. The molecule has 3 rings (SSSR count). The molecule has 0 aliphatic carbocycles. The number of benzene rings is 1. The third kappa shape index (κ3) is 2.88. The number of amides is 1. The second kappa shape index (κ2) is 6.53. The highest BCUT2D eigenvalue weighted by Crippen LogP contribution is 2.21. The monoisotopic (exact) mass is 299 g/mol. The van der Waals surface area contributed by atoms with E-state index in [-0.39, 0.29) is 11.9 Å². The quantitative estimate of drug-likeness (QED) is 0.911. The highest BCUT2D eigenvalue weighted by molar-refractivity contribution is 6.06. The van der Waals surface area contributed by atoms with Crippen LogP contribution in [0.4, 0.5) is 0 Å². The van der Waals surface area contributed by atoms with Crippen LogP contribution in [-0.4, -0.2) is 41.0 Å². The second-order valence-corrected chi connectivity index (χ2v) is 6.20. The van der Waals surface area contributed by atoms with Gasteiger partial charge in [0, 0.05) is 29.2 Å². The number of H-pyrrole nitrogens is 1. The first-order valence-electron chi connectivity index (χ1n) is 8.31. The fourth-order valence-corrected chi connectivity index (χ4v) is 3.62. The van der Waals surface area contributed by atoms with E-state index in [1.807, 2.05) is 30.5 Å². The molecule has 118 valence electrons. The van der Waals surface area contributed by atoms with Gasteiger partial charge in [0.15, 0.2) is 0 Å². The third-order valence-electron chi connectivity index (χ3n) is 4.84. The molecule has 1 aliphatic rings. The Balaban J connectivity index is 1.73. The van der Waals surface area contributed by atoms with Crippen LogP contribution in [0, 0.1) is 0 Å². The molecule has 1 aromatic carbocycles. The topological polar surface area (TPSA) is 48.1 Å². The number of piperidine rings is 1. The number of para-hydroxylation sites is 1. The number of aromatic nitrogens is 1. The lowest BCUT2D eigenvalue weighted by atomic mass is 9.96. The molecule has 4 heteroatoms. The van der Waals surface area contributed by atoms with Crippen molar-refractivity contribution in [3.05, 3.63) is 36.0 Å². The summed E-state index contributed by atoms with van der Waals surface area (Å²) in [6.07, 6.45) is 5.51. The summed E-state index contributed by atoms with van der Waals surface area (Å²) in [6.45, 7) is 6.53. The van der Waals surface area contributed by atoms with E-state index in [1.165, 1.54) is 19.3 Å². The molecule has 1 aliphatic heterocycles. The van der Waals surface area contributed by atoms with E-state index < -0.39 is 0 Å². The molecular weight excluding hydrogens is 274 g/mol. The smallest absolute Gasteiger partial charge is 0.253 e. The van der Waals surface area contributed by atoms with Gasteiger partial charge in [0.25, 0.3) is 5.91 Å². The first-order valence-corrected chi connectivity index (χ1v) is 8.31. The van der Waals surface area contributed by atoms with Gasteiger partial charge in [0.2, 0.25) is 0 Å². The van der Waals surface area contributed by atoms with Crippen molar-refractivity contribution in [1.29, 1.82) is 0 Å². The van der Waals surface area contributed by atoms with Gasteiger partial charge in [-0.25, -0.2) is 0 Å². The van der Waals surface area contributed by atoms with Crippen LogP contribution in [0.5, 0.6) is 0 Å². The number of rotatable bonds is 4. The van der Waals surface area contributed by atoms with E-state index in [9.17, 15) is 4.79 Å². The predicted octanol–water partition coefficient (Wildman–Crippen LogP) is 3.16. The van der Waals surface area contributed by atoms with Gasteiger partial charge < -0.3 is 10.3 Å². The van der Waals surface area contributed by atoms with Crippen molar-refractivity contribution in [2.75, 3.05) is 13.1 Å². The summed E-state index contributed by atoms with van der Waals surface area (Å²) in [5, 5.41) is 4.20. The molecule has 4 nitrogen and oxygen atoms in total. The first kappa shape index (κ1) is 15.1. The molecule has 22 heavy (non-hydrogen) atoms. The number of hydrogen-bond donors (Lipinski definition) is 2. The zero-order valence-corrected chi connectivity index (χ0v) is 13.4. The van der Waals surface area contributed by atoms with Gasteiger partial charge in [-0.2, -0.15) is 0 Å². The van der Waals surface area contributed by atoms with Crippen LogP contribution in [0.2, 0.25) is 0 Å². The Morgan fingerprint density at radius 1 is 1.41 bits per heavy atom. The Morgan fingerprint density at radius 2 is 2.23 bits per heavy atom. The lowest BCUT2D eigenvalue weighted by molar-refractivity contribution is 0.0859. The molecule has 2 unspecified atom stereocenters.